The molecule has 1 amide bonds. The van der Waals surface area contributed by atoms with E-state index in [1.54, 1.807) is 56.3 Å². The van der Waals surface area contributed by atoms with Gasteiger partial charge >= 0.3 is 0 Å². The van der Waals surface area contributed by atoms with E-state index in [0.29, 0.717) is 22.7 Å². The highest BCUT2D eigenvalue weighted by molar-refractivity contribution is 5.94. The predicted octanol–water partition coefficient (Wildman–Crippen LogP) is 3.39. The van der Waals surface area contributed by atoms with Crippen LogP contribution in [-0.2, 0) is 11.2 Å². The number of amides is 1. The van der Waals surface area contributed by atoms with Crippen LogP contribution in [0.5, 0.6) is 11.5 Å². The highest BCUT2D eigenvalue weighted by Crippen LogP contribution is 2.40. The fourth-order valence-electron chi connectivity index (χ4n) is 2.68. The molecule has 0 fully saturated rings. The lowest BCUT2D eigenvalue weighted by molar-refractivity contribution is -0.118. The Balaban J connectivity index is 1.68. The highest BCUT2D eigenvalue weighted by Gasteiger charge is 2.31. The minimum Gasteiger partial charge on any atom is -0.449 e. The molecule has 6 heteroatoms. The molecule has 0 aromatic heterocycles. The minimum atomic E-state index is -0.843. The molecule has 2 aromatic carbocycles. The van der Waals surface area contributed by atoms with E-state index in [0.717, 1.165) is 5.56 Å². The second-order valence-electron chi connectivity index (χ2n) is 6.45. The van der Waals surface area contributed by atoms with E-state index in [1.807, 2.05) is 12.1 Å². The van der Waals surface area contributed by atoms with Crippen LogP contribution in [-0.4, -0.2) is 11.7 Å². The molecule has 0 saturated heterocycles. The summed E-state index contributed by atoms with van der Waals surface area (Å²) in [6, 6.07) is 16.0. The number of fused-ring (bicyclic) bond motifs is 1. The standard InChI is InChI=1S/C20H17N3O3/c1-20(2)25-17-8-7-16(10-18(17)26-20)23-19(24)15(12-22)9-13-3-5-14(11-21)6-4-13/h3-8,10,15H,9H2,1-2H3,(H,23,24). The van der Waals surface area contributed by atoms with Crippen LogP contribution in [0.4, 0.5) is 5.69 Å². The molecular formula is C20H17N3O3. The van der Waals surface area contributed by atoms with Crippen molar-refractivity contribution >= 4 is 11.6 Å². The molecule has 1 atom stereocenters. The van der Waals surface area contributed by atoms with Gasteiger partial charge in [-0.15, -0.1) is 0 Å². The molecule has 1 heterocycles. The van der Waals surface area contributed by atoms with Gasteiger partial charge in [0, 0.05) is 25.6 Å². The van der Waals surface area contributed by atoms with Crippen LogP contribution >= 0.6 is 0 Å². The minimum absolute atomic E-state index is 0.269. The van der Waals surface area contributed by atoms with E-state index in [-0.39, 0.29) is 6.42 Å². The second-order valence-corrected chi connectivity index (χ2v) is 6.45. The van der Waals surface area contributed by atoms with Gasteiger partial charge in [-0.05, 0) is 36.2 Å². The monoisotopic (exact) mass is 347 g/mol. The molecule has 0 radical (unpaired) electrons. The fourth-order valence-corrected chi connectivity index (χ4v) is 2.68. The summed E-state index contributed by atoms with van der Waals surface area (Å²) < 4.78 is 11.3. The third-order valence-corrected chi connectivity index (χ3v) is 3.92. The van der Waals surface area contributed by atoms with E-state index in [1.165, 1.54) is 0 Å². The van der Waals surface area contributed by atoms with Crippen LogP contribution in [0.2, 0.25) is 0 Å². The Labute approximate surface area is 151 Å². The van der Waals surface area contributed by atoms with Gasteiger partial charge in [0.15, 0.2) is 11.5 Å². The Morgan fingerprint density at radius 3 is 2.46 bits per heavy atom. The van der Waals surface area contributed by atoms with Gasteiger partial charge in [0.25, 0.3) is 0 Å². The maximum absolute atomic E-state index is 12.4. The second kappa shape index (κ2) is 6.78. The number of rotatable bonds is 4. The zero-order chi connectivity index (χ0) is 18.7. The lowest BCUT2D eigenvalue weighted by Gasteiger charge is -2.16. The number of carbonyl (C=O) groups excluding carboxylic acids is 1. The van der Waals surface area contributed by atoms with Crippen LogP contribution in [0.25, 0.3) is 0 Å². The molecule has 0 saturated carbocycles. The van der Waals surface area contributed by atoms with Gasteiger partial charge < -0.3 is 14.8 Å². The zero-order valence-corrected chi connectivity index (χ0v) is 14.4. The van der Waals surface area contributed by atoms with Crippen molar-refractivity contribution < 1.29 is 14.3 Å². The molecule has 2 aromatic rings. The van der Waals surface area contributed by atoms with Gasteiger partial charge in [-0.3, -0.25) is 4.79 Å². The van der Waals surface area contributed by atoms with Crippen molar-refractivity contribution in [2.24, 2.45) is 5.92 Å². The largest absolute Gasteiger partial charge is 0.449 e. The number of anilines is 1. The topological polar surface area (TPSA) is 95.1 Å². The molecule has 3 rings (SSSR count). The molecular weight excluding hydrogens is 330 g/mol. The van der Waals surface area contributed by atoms with Crippen molar-refractivity contribution in [3.8, 4) is 23.6 Å². The average molecular weight is 347 g/mol. The zero-order valence-electron chi connectivity index (χ0n) is 14.4. The van der Waals surface area contributed by atoms with Gasteiger partial charge in [-0.25, -0.2) is 0 Å². The normalized spacial score (nSPS) is 14.8. The van der Waals surface area contributed by atoms with Gasteiger partial charge in [0.1, 0.15) is 5.92 Å². The summed E-state index contributed by atoms with van der Waals surface area (Å²) >= 11 is 0. The van der Waals surface area contributed by atoms with E-state index >= 15 is 0 Å². The molecule has 1 unspecified atom stereocenters. The van der Waals surface area contributed by atoms with Crippen molar-refractivity contribution in [3.63, 3.8) is 0 Å². The van der Waals surface area contributed by atoms with Crippen LogP contribution < -0.4 is 14.8 Å². The summed E-state index contributed by atoms with van der Waals surface area (Å²) in [6.07, 6.45) is 0.269. The van der Waals surface area contributed by atoms with Gasteiger partial charge in [-0.2, -0.15) is 10.5 Å². The number of ether oxygens (including phenoxy) is 2. The smallest absolute Gasteiger partial charge is 0.246 e. The third kappa shape index (κ3) is 3.76. The Morgan fingerprint density at radius 2 is 1.81 bits per heavy atom. The Morgan fingerprint density at radius 1 is 1.12 bits per heavy atom. The molecule has 0 aliphatic carbocycles. The highest BCUT2D eigenvalue weighted by atomic mass is 16.7. The predicted molar refractivity (Wildman–Crippen MR) is 94.4 cm³/mol. The molecule has 0 spiro atoms. The number of hydrogen-bond acceptors (Lipinski definition) is 5. The molecule has 26 heavy (non-hydrogen) atoms. The summed E-state index contributed by atoms with van der Waals surface area (Å²) in [7, 11) is 0. The first-order valence-corrected chi connectivity index (χ1v) is 8.12. The van der Waals surface area contributed by atoms with Crippen LogP contribution in [0.1, 0.15) is 25.0 Å². The SMILES string of the molecule is CC1(C)Oc2ccc(NC(=O)C(C#N)Cc3ccc(C#N)cc3)cc2O1. The van der Waals surface area contributed by atoms with Crippen molar-refractivity contribution in [3.05, 3.63) is 53.6 Å². The van der Waals surface area contributed by atoms with Gasteiger partial charge in [0.2, 0.25) is 11.7 Å². The average Bonchev–Trinajstić information content (AvgIpc) is 2.93. The first-order valence-electron chi connectivity index (χ1n) is 8.12. The number of carbonyl (C=O) groups is 1. The lowest BCUT2D eigenvalue weighted by atomic mass is 9.99. The quantitative estimate of drug-likeness (QED) is 0.915. The Hall–Kier alpha value is -3.51. The summed E-state index contributed by atoms with van der Waals surface area (Å²) in [5, 5.41) is 20.9. The number of nitriles is 2. The lowest BCUT2D eigenvalue weighted by Crippen LogP contribution is -2.29. The third-order valence-electron chi connectivity index (χ3n) is 3.92. The van der Waals surface area contributed by atoms with Crippen molar-refractivity contribution in [2.45, 2.75) is 26.1 Å². The Bertz CT molecular complexity index is 921. The van der Waals surface area contributed by atoms with Gasteiger partial charge in [0.05, 0.1) is 17.7 Å². The summed E-state index contributed by atoms with van der Waals surface area (Å²) in [5.74, 6) is -0.814. The van der Waals surface area contributed by atoms with Crippen molar-refractivity contribution in [2.75, 3.05) is 5.32 Å². The summed E-state index contributed by atoms with van der Waals surface area (Å²) in [6.45, 7) is 3.60. The van der Waals surface area contributed by atoms with E-state index < -0.39 is 17.6 Å². The summed E-state index contributed by atoms with van der Waals surface area (Å²) in [5.41, 5.74) is 1.89. The number of hydrogen-bond donors (Lipinski definition) is 1. The molecule has 1 N–H and O–H groups in total. The number of nitrogens with one attached hydrogen (secondary N) is 1. The van der Waals surface area contributed by atoms with Crippen LogP contribution in [0, 0.1) is 28.6 Å². The van der Waals surface area contributed by atoms with E-state index in [9.17, 15) is 10.1 Å². The van der Waals surface area contributed by atoms with Crippen LogP contribution in [0.15, 0.2) is 42.5 Å². The van der Waals surface area contributed by atoms with Gasteiger partial charge in [-0.1, -0.05) is 12.1 Å². The first kappa shape index (κ1) is 17.3. The fraction of sp³-hybridized carbons (Fsp3) is 0.250. The maximum Gasteiger partial charge on any atom is 0.246 e. The molecule has 6 nitrogen and oxygen atoms in total. The molecule has 1 aliphatic heterocycles. The first-order chi connectivity index (χ1) is 12.4. The van der Waals surface area contributed by atoms with Crippen LogP contribution in [0.3, 0.4) is 0 Å². The molecule has 1 aliphatic rings. The van der Waals surface area contributed by atoms with Crippen molar-refractivity contribution in [1.29, 1.82) is 10.5 Å². The van der Waals surface area contributed by atoms with E-state index in [4.69, 9.17) is 14.7 Å². The molecule has 0 bridgehead atoms. The number of nitrogens with zero attached hydrogens (tertiary/aromatic N) is 2. The van der Waals surface area contributed by atoms with E-state index in [2.05, 4.69) is 5.32 Å². The molecule has 130 valence electrons. The van der Waals surface area contributed by atoms with Crippen molar-refractivity contribution in [1.82, 2.24) is 0 Å². The summed E-state index contributed by atoms with van der Waals surface area (Å²) in [4.78, 5) is 12.4. The number of benzene rings is 2. The Kier molecular flexibility index (Phi) is 4.51. The maximum atomic E-state index is 12.4.